The Morgan fingerprint density at radius 1 is 1.33 bits per heavy atom. The first-order valence-corrected chi connectivity index (χ1v) is 6.25. The first kappa shape index (κ1) is 16.9. The number of aliphatic carboxylic acids is 1. The zero-order chi connectivity index (χ0) is 16.2. The van der Waals surface area contributed by atoms with Gasteiger partial charge in [-0.2, -0.15) is 0 Å². The number of hydrogen-bond acceptors (Lipinski definition) is 3. The van der Waals surface area contributed by atoms with Gasteiger partial charge in [0.15, 0.2) is 11.6 Å². The summed E-state index contributed by atoms with van der Waals surface area (Å²) in [6.45, 7) is 4.88. The molecule has 0 radical (unpaired) electrons. The summed E-state index contributed by atoms with van der Waals surface area (Å²) in [5.41, 5.74) is -1.04. The van der Waals surface area contributed by atoms with Crippen molar-refractivity contribution in [3.05, 3.63) is 35.4 Å². The second-order valence-corrected chi connectivity index (χ2v) is 5.44. The molecule has 0 saturated heterocycles. The van der Waals surface area contributed by atoms with Gasteiger partial charge in [-0.1, -0.05) is 12.1 Å². The Kier molecular flexibility index (Phi) is 5.23. The van der Waals surface area contributed by atoms with Gasteiger partial charge < -0.3 is 15.2 Å². The minimum Gasteiger partial charge on any atom is -0.481 e. The third-order valence-electron chi connectivity index (χ3n) is 2.43. The lowest BCUT2D eigenvalue weighted by Crippen LogP contribution is -2.36. The van der Waals surface area contributed by atoms with Crippen LogP contribution in [0, 0.1) is 11.6 Å². The summed E-state index contributed by atoms with van der Waals surface area (Å²) >= 11 is 0. The average Bonchev–Trinajstić information content (AvgIpc) is 2.28. The van der Waals surface area contributed by atoms with Crippen molar-refractivity contribution in [2.75, 3.05) is 0 Å². The highest BCUT2D eigenvalue weighted by molar-refractivity contribution is 5.72. The number of rotatable bonds is 4. The van der Waals surface area contributed by atoms with Crippen molar-refractivity contribution in [1.82, 2.24) is 5.32 Å². The Labute approximate surface area is 120 Å². The quantitative estimate of drug-likeness (QED) is 0.896. The predicted octanol–water partition coefficient (Wildman–Crippen LogP) is 3.01. The number of ether oxygens (including phenoxy) is 1. The maximum absolute atomic E-state index is 13.7. The smallest absolute Gasteiger partial charge is 0.408 e. The number of carbonyl (C=O) groups is 2. The van der Waals surface area contributed by atoms with Crippen molar-refractivity contribution >= 4 is 12.1 Å². The third-order valence-corrected chi connectivity index (χ3v) is 2.43. The van der Waals surface area contributed by atoms with E-state index in [1.165, 1.54) is 12.1 Å². The van der Waals surface area contributed by atoms with Gasteiger partial charge in [-0.15, -0.1) is 0 Å². The summed E-state index contributed by atoms with van der Waals surface area (Å²) in [7, 11) is 0. The van der Waals surface area contributed by atoms with Crippen LogP contribution in [0.1, 0.15) is 38.8 Å². The van der Waals surface area contributed by atoms with E-state index in [-0.39, 0.29) is 5.56 Å². The summed E-state index contributed by atoms with van der Waals surface area (Å²) in [4.78, 5) is 22.5. The van der Waals surface area contributed by atoms with Crippen LogP contribution in [0.3, 0.4) is 0 Å². The molecule has 1 rings (SSSR count). The fourth-order valence-electron chi connectivity index (χ4n) is 1.65. The van der Waals surface area contributed by atoms with Crippen molar-refractivity contribution in [3.8, 4) is 0 Å². The lowest BCUT2D eigenvalue weighted by molar-refractivity contribution is -0.137. The molecule has 116 valence electrons. The van der Waals surface area contributed by atoms with E-state index in [9.17, 15) is 18.4 Å². The van der Waals surface area contributed by atoms with Crippen LogP contribution >= 0.6 is 0 Å². The van der Waals surface area contributed by atoms with Crippen LogP contribution in [0.15, 0.2) is 18.2 Å². The number of carboxylic acids is 1. The molecule has 5 nitrogen and oxygen atoms in total. The summed E-state index contributed by atoms with van der Waals surface area (Å²) in [6.07, 6.45) is -1.50. The molecule has 2 N–H and O–H groups in total. The number of amides is 1. The zero-order valence-electron chi connectivity index (χ0n) is 11.9. The Bertz CT molecular complexity index is 540. The van der Waals surface area contributed by atoms with Crippen LogP contribution in [0.2, 0.25) is 0 Å². The minimum atomic E-state index is -1.26. The number of hydrogen-bond donors (Lipinski definition) is 2. The molecule has 0 aromatic heterocycles. The molecule has 0 aliphatic carbocycles. The van der Waals surface area contributed by atoms with Crippen molar-refractivity contribution < 1.29 is 28.2 Å². The highest BCUT2D eigenvalue weighted by Gasteiger charge is 2.25. The van der Waals surface area contributed by atoms with E-state index in [1.54, 1.807) is 20.8 Å². The summed E-state index contributed by atoms with van der Waals surface area (Å²) in [5.74, 6) is -3.58. The number of carboxylic acid groups (broad SMARTS) is 1. The number of nitrogens with one attached hydrogen (secondary N) is 1. The number of benzene rings is 1. The van der Waals surface area contributed by atoms with Gasteiger partial charge in [0, 0.05) is 5.56 Å². The number of halogens is 2. The van der Waals surface area contributed by atoms with E-state index < -0.39 is 41.8 Å². The van der Waals surface area contributed by atoms with Gasteiger partial charge in [0.25, 0.3) is 0 Å². The van der Waals surface area contributed by atoms with Gasteiger partial charge in [-0.05, 0) is 26.8 Å². The van der Waals surface area contributed by atoms with E-state index >= 15 is 0 Å². The molecule has 1 aromatic carbocycles. The lowest BCUT2D eigenvalue weighted by atomic mass is 10.0. The highest BCUT2D eigenvalue weighted by atomic mass is 19.2. The fourth-order valence-corrected chi connectivity index (χ4v) is 1.65. The Morgan fingerprint density at radius 2 is 1.95 bits per heavy atom. The molecule has 1 amide bonds. The third kappa shape index (κ3) is 5.37. The molecular formula is C14H17F2NO4. The first-order chi connectivity index (χ1) is 9.60. The Morgan fingerprint density at radius 3 is 2.48 bits per heavy atom. The van der Waals surface area contributed by atoms with Gasteiger partial charge in [-0.3, -0.25) is 4.79 Å². The maximum atomic E-state index is 13.7. The minimum absolute atomic E-state index is 0.247. The first-order valence-electron chi connectivity index (χ1n) is 6.25. The van der Waals surface area contributed by atoms with E-state index in [4.69, 9.17) is 9.84 Å². The molecule has 1 aromatic rings. The number of alkyl carbamates (subject to hydrolysis) is 1. The van der Waals surface area contributed by atoms with E-state index in [1.807, 2.05) is 0 Å². The standard InChI is InChI=1S/C14H17F2NO4/c1-14(2,3)21-13(20)17-10(7-11(18)19)8-5-4-6-9(15)12(8)16/h4-6,10H,7H2,1-3H3,(H,17,20)(H,18,19)/t10-/m0/s1. The van der Waals surface area contributed by atoms with E-state index in [0.717, 1.165) is 6.07 Å². The summed E-state index contributed by atoms with van der Waals surface area (Å²) in [6, 6.07) is 2.13. The van der Waals surface area contributed by atoms with Crippen molar-refractivity contribution in [1.29, 1.82) is 0 Å². The largest absolute Gasteiger partial charge is 0.481 e. The molecule has 0 heterocycles. The molecule has 0 saturated carbocycles. The molecular weight excluding hydrogens is 284 g/mol. The molecule has 21 heavy (non-hydrogen) atoms. The van der Waals surface area contributed by atoms with Crippen LogP contribution < -0.4 is 5.32 Å². The van der Waals surface area contributed by atoms with Crippen LogP contribution in [0.4, 0.5) is 13.6 Å². The summed E-state index contributed by atoms with van der Waals surface area (Å²) in [5, 5.41) is 11.1. The normalized spacial score (nSPS) is 12.6. The van der Waals surface area contributed by atoms with Gasteiger partial charge in [0.1, 0.15) is 5.60 Å². The molecule has 0 spiro atoms. The second kappa shape index (κ2) is 6.51. The van der Waals surface area contributed by atoms with Crippen LogP contribution in [0.5, 0.6) is 0 Å². The molecule has 0 bridgehead atoms. The van der Waals surface area contributed by atoms with Crippen molar-refractivity contribution in [2.45, 2.75) is 38.8 Å². The van der Waals surface area contributed by atoms with Crippen LogP contribution in [-0.4, -0.2) is 22.8 Å². The van der Waals surface area contributed by atoms with Crippen LogP contribution in [-0.2, 0) is 9.53 Å². The lowest BCUT2D eigenvalue weighted by Gasteiger charge is -2.23. The highest BCUT2D eigenvalue weighted by Crippen LogP contribution is 2.22. The van der Waals surface area contributed by atoms with Gasteiger partial charge in [-0.25, -0.2) is 13.6 Å². The molecule has 0 unspecified atom stereocenters. The van der Waals surface area contributed by atoms with Crippen molar-refractivity contribution in [3.63, 3.8) is 0 Å². The van der Waals surface area contributed by atoms with Gasteiger partial charge in [0.05, 0.1) is 12.5 Å². The molecule has 1 atom stereocenters. The Hall–Kier alpha value is -2.18. The molecule has 0 fully saturated rings. The summed E-state index contributed by atoms with van der Waals surface area (Å²) < 4.78 is 31.9. The SMILES string of the molecule is CC(C)(C)OC(=O)N[C@@H](CC(=O)O)c1cccc(F)c1F. The fraction of sp³-hybridized carbons (Fsp3) is 0.429. The topological polar surface area (TPSA) is 75.6 Å². The molecule has 0 aliphatic rings. The van der Waals surface area contributed by atoms with E-state index in [0.29, 0.717) is 0 Å². The molecule has 0 aliphatic heterocycles. The van der Waals surface area contributed by atoms with Crippen molar-refractivity contribution in [2.24, 2.45) is 0 Å². The Balaban J connectivity index is 2.98. The predicted molar refractivity (Wildman–Crippen MR) is 70.7 cm³/mol. The second-order valence-electron chi connectivity index (χ2n) is 5.44. The van der Waals surface area contributed by atoms with Gasteiger partial charge >= 0.3 is 12.1 Å². The maximum Gasteiger partial charge on any atom is 0.408 e. The average molecular weight is 301 g/mol. The molecule has 7 heteroatoms. The van der Waals surface area contributed by atoms with Gasteiger partial charge in [0.2, 0.25) is 0 Å². The number of carbonyl (C=O) groups excluding carboxylic acids is 1. The van der Waals surface area contributed by atoms with Crippen LogP contribution in [0.25, 0.3) is 0 Å². The zero-order valence-corrected chi connectivity index (χ0v) is 11.9. The monoisotopic (exact) mass is 301 g/mol. The van der Waals surface area contributed by atoms with E-state index in [2.05, 4.69) is 5.32 Å².